The fourth-order valence-electron chi connectivity index (χ4n) is 1.25. The maximum absolute atomic E-state index is 9.79. The minimum atomic E-state index is -0.491. The number of hydrogen-bond donors (Lipinski definition) is 2. The molecule has 1 aromatic rings. The van der Waals surface area contributed by atoms with Crippen molar-refractivity contribution in [3.63, 3.8) is 0 Å². The van der Waals surface area contributed by atoms with Crippen LogP contribution in [0.1, 0.15) is 13.8 Å². The van der Waals surface area contributed by atoms with Crippen LogP contribution in [0, 0.1) is 0 Å². The van der Waals surface area contributed by atoms with E-state index in [4.69, 9.17) is 5.73 Å². The molecular weight excluding hydrogens is 206 g/mol. The van der Waals surface area contributed by atoms with Crippen molar-refractivity contribution in [2.45, 2.75) is 30.1 Å². The second-order valence-electron chi connectivity index (χ2n) is 3.65. The monoisotopic (exact) mass is 223 g/mol. The van der Waals surface area contributed by atoms with Crippen LogP contribution < -0.4 is 5.73 Å². The molecule has 0 aliphatic rings. The Labute approximate surface area is 95.2 Å². The van der Waals surface area contributed by atoms with Crippen LogP contribution in [0.25, 0.3) is 0 Å². The van der Waals surface area contributed by atoms with E-state index in [-0.39, 0.29) is 5.25 Å². The summed E-state index contributed by atoms with van der Waals surface area (Å²) in [5.41, 5.74) is 7.36. The first kappa shape index (κ1) is 12.1. The van der Waals surface area contributed by atoms with E-state index in [2.05, 4.69) is 6.58 Å². The van der Waals surface area contributed by atoms with E-state index in [0.717, 1.165) is 16.2 Å². The molecule has 0 saturated carbocycles. The molecule has 82 valence electrons. The fraction of sp³-hybridized carbons (Fsp3) is 0.333. The average molecular weight is 223 g/mol. The third kappa shape index (κ3) is 3.29. The molecule has 2 unspecified atom stereocenters. The Morgan fingerprint density at radius 1 is 1.47 bits per heavy atom. The van der Waals surface area contributed by atoms with Gasteiger partial charge in [0.15, 0.2) is 0 Å². The normalized spacial score (nSPS) is 14.6. The molecule has 2 nitrogen and oxygen atoms in total. The van der Waals surface area contributed by atoms with Crippen LogP contribution in [0.4, 0.5) is 5.69 Å². The number of anilines is 1. The van der Waals surface area contributed by atoms with Gasteiger partial charge < -0.3 is 10.8 Å². The number of para-hydroxylation sites is 1. The first-order valence-corrected chi connectivity index (χ1v) is 5.75. The predicted molar refractivity (Wildman–Crippen MR) is 67.0 cm³/mol. The third-order valence-corrected chi connectivity index (χ3v) is 3.44. The van der Waals surface area contributed by atoms with Gasteiger partial charge in [-0.25, -0.2) is 0 Å². The Morgan fingerprint density at radius 3 is 2.60 bits per heavy atom. The first-order valence-electron chi connectivity index (χ1n) is 4.87. The van der Waals surface area contributed by atoms with E-state index in [9.17, 15) is 5.11 Å². The number of rotatable bonds is 4. The van der Waals surface area contributed by atoms with Gasteiger partial charge in [-0.2, -0.15) is 0 Å². The first-order chi connectivity index (χ1) is 7.02. The molecule has 15 heavy (non-hydrogen) atoms. The molecule has 0 aromatic heterocycles. The lowest BCUT2D eigenvalue weighted by atomic mass is 10.1. The third-order valence-electron chi connectivity index (χ3n) is 2.18. The maximum atomic E-state index is 9.79. The second-order valence-corrected chi connectivity index (χ2v) is 5.07. The largest absolute Gasteiger partial charge is 0.398 e. The number of nitrogen functional groups attached to an aromatic ring is 1. The van der Waals surface area contributed by atoms with Crippen molar-refractivity contribution < 1.29 is 5.11 Å². The van der Waals surface area contributed by atoms with Gasteiger partial charge in [0.2, 0.25) is 0 Å². The molecule has 0 amide bonds. The van der Waals surface area contributed by atoms with E-state index in [1.165, 1.54) is 0 Å². The molecule has 1 rings (SSSR count). The molecule has 1 aromatic carbocycles. The zero-order chi connectivity index (χ0) is 11.4. The van der Waals surface area contributed by atoms with Gasteiger partial charge in [0, 0.05) is 15.8 Å². The number of aliphatic hydroxyl groups excluding tert-OH is 1. The second kappa shape index (κ2) is 5.24. The molecule has 0 bridgehead atoms. The summed E-state index contributed by atoms with van der Waals surface area (Å²) in [6.07, 6.45) is -0.491. The van der Waals surface area contributed by atoms with Gasteiger partial charge in [0.25, 0.3) is 0 Å². The van der Waals surface area contributed by atoms with Gasteiger partial charge >= 0.3 is 0 Å². The average Bonchev–Trinajstić information content (AvgIpc) is 2.20. The Hall–Kier alpha value is -0.930. The molecular formula is C12H17NOS. The number of hydrogen-bond acceptors (Lipinski definition) is 3. The lowest BCUT2D eigenvalue weighted by Gasteiger charge is -2.19. The zero-order valence-electron chi connectivity index (χ0n) is 9.10. The summed E-state index contributed by atoms with van der Waals surface area (Å²) in [5, 5.41) is 9.85. The number of thioether (sulfide) groups is 1. The van der Waals surface area contributed by atoms with Crippen molar-refractivity contribution in [3.05, 3.63) is 36.4 Å². The van der Waals surface area contributed by atoms with Gasteiger partial charge in [0.1, 0.15) is 0 Å². The minimum Gasteiger partial charge on any atom is -0.398 e. The Kier molecular flexibility index (Phi) is 4.24. The summed E-state index contributed by atoms with van der Waals surface area (Å²) in [6.45, 7) is 7.54. The summed E-state index contributed by atoms with van der Waals surface area (Å²) in [7, 11) is 0. The van der Waals surface area contributed by atoms with E-state index >= 15 is 0 Å². The van der Waals surface area contributed by atoms with Crippen molar-refractivity contribution in [1.82, 2.24) is 0 Å². The topological polar surface area (TPSA) is 46.2 Å². The highest BCUT2D eigenvalue weighted by Crippen LogP contribution is 2.30. The van der Waals surface area contributed by atoms with Crippen molar-refractivity contribution in [2.24, 2.45) is 0 Å². The number of benzene rings is 1. The lowest BCUT2D eigenvalue weighted by molar-refractivity contribution is 0.212. The number of nitrogens with two attached hydrogens (primary N) is 1. The maximum Gasteiger partial charge on any atom is 0.0864 e. The standard InChI is InChI=1S/C12H17NOS/c1-8(2)12(14)9(3)15-11-7-5-4-6-10(11)13/h4-7,9,12,14H,1,13H2,2-3H3. The lowest BCUT2D eigenvalue weighted by Crippen LogP contribution is -2.20. The van der Waals surface area contributed by atoms with Crippen LogP contribution in [0.5, 0.6) is 0 Å². The van der Waals surface area contributed by atoms with E-state index in [1.54, 1.807) is 11.8 Å². The Bertz CT molecular complexity index is 351. The highest BCUT2D eigenvalue weighted by Gasteiger charge is 2.16. The highest BCUT2D eigenvalue weighted by molar-refractivity contribution is 8.00. The Morgan fingerprint density at radius 2 is 2.07 bits per heavy atom. The van der Waals surface area contributed by atoms with Crippen LogP contribution >= 0.6 is 11.8 Å². The van der Waals surface area contributed by atoms with Gasteiger partial charge in [-0.15, -0.1) is 11.8 Å². The van der Waals surface area contributed by atoms with Crippen molar-refractivity contribution >= 4 is 17.4 Å². The molecule has 0 aliphatic carbocycles. The summed E-state index contributed by atoms with van der Waals surface area (Å²) in [6, 6.07) is 7.67. The molecule has 3 N–H and O–H groups in total. The van der Waals surface area contributed by atoms with Gasteiger partial charge in [-0.1, -0.05) is 31.2 Å². The molecule has 3 heteroatoms. The molecule has 0 heterocycles. The number of aliphatic hydroxyl groups is 1. The summed E-state index contributed by atoms with van der Waals surface area (Å²) in [4.78, 5) is 1.00. The smallest absolute Gasteiger partial charge is 0.0864 e. The SMILES string of the molecule is C=C(C)C(O)C(C)Sc1ccccc1N. The van der Waals surface area contributed by atoms with Gasteiger partial charge in [-0.05, 0) is 19.1 Å². The summed E-state index contributed by atoms with van der Waals surface area (Å²) < 4.78 is 0. The van der Waals surface area contributed by atoms with Gasteiger partial charge in [0.05, 0.1) is 6.10 Å². The van der Waals surface area contributed by atoms with Crippen molar-refractivity contribution in [2.75, 3.05) is 5.73 Å². The van der Waals surface area contributed by atoms with E-state index in [1.807, 2.05) is 38.1 Å². The Balaban J connectivity index is 2.70. The van der Waals surface area contributed by atoms with Crippen molar-refractivity contribution in [1.29, 1.82) is 0 Å². The zero-order valence-corrected chi connectivity index (χ0v) is 9.92. The van der Waals surface area contributed by atoms with Crippen LogP contribution in [-0.4, -0.2) is 16.5 Å². The van der Waals surface area contributed by atoms with Crippen LogP contribution in [-0.2, 0) is 0 Å². The van der Waals surface area contributed by atoms with Crippen LogP contribution in [0.3, 0.4) is 0 Å². The molecule has 0 spiro atoms. The minimum absolute atomic E-state index is 0.0622. The molecule has 0 aliphatic heterocycles. The van der Waals surface area contributed by atoms with Crippen LogP contribution in [0.2, 0.25) is 0 Å². The predicted octanol–water partition coefficient (Wildman–Crippen LogP) is 2.69. The highest BCUT2D eigenvalue weighted by atomic mass is 32.2. The van der Waals surface area contributed by atoms with E-state index < -0.39 is 6.10 Å². The van der Waals surface area contributed by atoms with Crippen LogP contribution in [0.15, 0.2) is 41.3 Å². The van der Waals surface area contributed by atoms with Gasteiger partial charge in [-0.3, -0.25) is 0 Å². The summed E-state index contributed by atoms with van der Waals surface area (Å²) in [5.74, 6) is 0. The van der Waals surface area contributed by atoms with Crippen molar-refractivity contribution in [3.8, 4) is 0 Å². The summed E-state index contributed by atoms with van der Waals surface area (Å²) >= 11 is 1.57. The quantitative estimate of drug-likeness (QED) is 0.468. The fourth-order valence-corrected chi connectivity index (χ4v) is 2.38. The molecule has 2 atom stereocenters. The molecule has 0 fully saturated rings. The van der Waals surface area contributed by atoms with E-state index in [0.29, 0.717) is 0 Å². The molecule has 0 radical (unpaired) electrons. The molecule has 0 saturated heterocycles.